The summed E-state index contributed by atoms with van der Waals surface area (Å²) in [6.45, 7) is 0. The molecule has 0 aliphatic rings. The molecule has 0 bridgehead atoms. The standard InChI is InChI=1S/C15H10FNO2S/c1-19-15(18)10-4-2-3-9(7-10)14-17-12-6-5-11(16)8-13(12)20-14/h2-8H,1H3. The third kappa shape index (κ3) is 2.28. The first-order valence-corrected chi connectivity index (χ1v) is 6.74. The van der Waals surface area contributed by atoms with Gasteiger partial charge in [0.05, 0.1) is 22.9 Å². The Morgan fingerprint density at radius 1 is 1.25 bits per heavy atom. The molecule has 20 heavy (non-hydrogen) atoms. The summed E-state index contributed by atoms with van der Waals surface area (Å²) in [6.07, 6.45) is 0. The van der Waals surface area contributed by atoms with E-state index < -0.39 is 0 Å². The lowest BCUT2D eigenvalue weighted by Crippen LogP contribution is -2.00. The van der Waals surface area contributed by atoms with E-state index in [9.17, 15) is 9.18 Å². The van der Waals surface area contributed by atoms with Gasteiger partial charge in [-0.25, -0.2) is 14.2 Å². The van der Waals surface area contributed by atoms with Crippen LogP contribution in [0.15, 0.2) is 42.5 Å². The molecule has 0 saturated carbocycles. The summed E-state index contributed by atoms with van der Waals surface area (Å²) in [7, 11) is 1.34. The highest BCUT2D eigenvalue weighted by Crippen LogP contribution is 2.30. The van der Waals surface area contributed by atoms with Crippen LogP contribution in [-0.2, 0) is 4.74 Å². The third-order valence-corrected chi connectivity index (χ3v) is 3.95. The molecule has 1 heterocycles. The molecule has 5 heteroatoms. The van der Waals surface area contributed by atoms with Gasteiger partial charge in [0.2, 0.25) is 0 Å². The smallest absolute Gasteiger partial charge is 0.337 e. The number of halogens is 1. The van der Waals surface area contributed by atoms with Gasteiger partial charge in [0.25, 0.3) is 0 Å². The molecule has 0 radical (unpaired) electrons. The average molecular weight is 287 g/mol. The third-order valence-electron chi connectivity index (χ3n) is 2.88. The number of hydrogen-bond donors (Lipinski definition) is 0. The average Bonchev–Trinajstić information content (AvgIpc) is 2.89. The van der Waals surface area contributed by atoms with Crippen molar-refractivity contribution < 1.29 is 13.9 Å². The fourth-order valence-corrected chi connectivity index (χ4v) is 2.91. The zero-order chi connectivity index (χ0) is 14.1. The Hall–Kier alpha value is -2.27. The van der Waals surface area contributed by atoms with Crippen molar-refractivity contribution >= 4 is 27.5 Å². The first-order valence-electron chi connectivity index (χ1n) is 5.92. The highest BCUT2D eigenvalue weighted by molar-refractivity contribution is 7.21. The molecule has 0 atom stereocenters. The molecule has 3 aromatic rings. The maximum Gasteiger partial charge on any atom is 0.337 e. The zero-order valence-corrected chi connectivity index (χ0v) is 11.4. The van der Waals surface area contributed by atoms with Gasteiger partial charge in [-0.3, -0.25) is 0 Å². The molecule has 3 rings (SSSR count). The number of benzene rings is 2. The van der Waals surface area contributed by atoms with Gasteiger partial charge < -0.3 is 4.74 Å². The summed E-state index contributed by atoms with van der Waals surface area (Å²) in [4.78, 5) is 16.0. The molecular formula is C15H10FNO2S. The zero-order valence-electron chi connectivity index (χ0n) is 10.6. The fourth-order valence-electron chi connectivity index (χ4n) is 1.92. The SMILES string of the molecule is COC(=O)c1cccc(-c2nc3ccc(F)cc3s2)c1. The topological polar surface area (TPSA) is 39.2 Å². The molecule has 0 aliphatic carbocycles. The highest BCUT2D eigenvalue weighted by Gasteiger charge is 2.10. The predicted octanol–water partition coefficient (Wildman–Crippen LogP) is 3.89. The minimum Gasteiger partial charge on any atom is -0.465 e. The number of hydrogen-bond acceptors (Lipinski definition) is 4. The van der Waals surface area contributed by atoms with Crippen molar-refractivity contribution in [3.8, 4) is 10.6 Å². The van der Waals surface area contributed by atoms with E-state index in [1.165, 1.54) is 30.6 Å². The second-order valence-electron chi connectivity index (χ2n) is 4.20. The van der Waals surface area contributed by atoms with E-state index in [4.69, 9.17) is 4.74 Å². The van der Waals surface area contributed by atoms with Crippen LogP contribution in [0, 0.1) is 5.82 Å². The minimum atomic E-state index is -0.390. The van der Waals surface area contributed by atoms with Gasteiger partial charge in [0.1, 0.15) is 10.8 Å². The molecule has 0 saturated heterocycles. The Labute approximate surface area is 118 Å². The Kier molecular flexibility index (Phi) is 3.20. The lowest BCUT2D eigenvalue weighted by Gasteiger charge is -2.00. The molecule has 0 amide bonds. The van der Waals surface area contributed by atoms with Crippen molar-refractivity contribution in [3.63, 3.8) is 0 Å². The van der Waals surface area contributed by atoms with Crippen molar-refractivity contribution in [2.24, 2.45) is 0 Å². The molecule has 0 spiro atoms. The van der Waals surface area contributed by atoms with Gasteiger partial charge in [0, 0.05) is 5.56 Å². The largest absolute Gasteiger partial charge is 0.465 e. The normalized spacial score (nSPS) is 10.7. The van der Waals surface area contributed by atoms with Crippen LogP contribution >= 0.6 is 11.3 Å². The van der Waals surface area contributed by atoms with E-state index in [0.717, 1.165) is 20.8 Å². The number of aromatic nitrogens is 1. The number of fused-ring (bicyclic) bond motifs is 1. The number of ether oxygens (including phenoxy) is 1. The van der Waals surface area contributed by atoms with Crippen LogP contribution < -0.4 is 0 Å². The number of rotatable bonds is 2. The quantitative estimate of drug-likeness (QED) is 0.671. The van der Waals surface area contributed by atoms with Crippen LogP contribution in [0.1, 0.15) is 10.4 Å². The lowest BCUT2D eigenvalue weighted by molar-refractivity contribution is 0.0601. The van der Waals surface area contributed by atoms with E-state index in [2.05, 4.69) is 4.98 Å². The van der Waals surface area contributed by atoms with E-state index in [-0.39, 0.29) is 11.8 Å². The van der Waals surface area contributed by atoms with Crippen molar-refractivity contribution in [3.05, 3.63) is 53.8 Å². The summed E-state index contributed by atoms with van der Waals surface area (Å²) in [5.41, 5.74) is 2.03. The van der Waals surface area contributed by atoms with Gasteiger partial charge in [-0.1, -0.05) is 12.1 Å². The first-order chi connectivity index (χ1) is 9.67. The van der Waals surface area contributed by atoms with E-state index in [1.54, 1.807) is 24.3 Å². The number of thiazole rings is 1. The first kappa shape index (κ1) is 12.7. The van der Waals surface area contributed by atoms with Gasteiger partial charge >= 0.3 is 5.97 Å². The van der Waals surface area contributed by atoms with Crippen LogP contribution in [0.5, 0.6) is 0 Å². The minimum absolute atomic E-state index is 0.281. The summed E-state index contributed by atoms with van der Waals surface area (Å²) in [5.74, 6) is -0.671. The maximum absolute atomic E-state index is 13.2. The van der Waals surface area contributed by atoms with Crippen LogP contribution in [-0.4, -0.2) is 18.1 Å². The molecule has 3 nitrogen and oxygen atoms in total. The van der Waals surface area contributed by atoms with Gasteiger partial charge in [0.15, 0.2) is 0 Å². The molecule has 0 unspecified atom stereocenters. The molecule has 0 fully saturated rings. The summed E-state index contributed by atoms with van der Waals surface area (Å²) < 4.78 is 18.7. The Bertz CT molecular complexity index is 797. The Morgan fingerprint density at radius 3 is 2.90 bits per heavy atom. The summed E-state index contributed by atoms with van der Waals surface area (Å²) in [5, 5.41) is 0.747. The van der Waals surface area contributed by atoms with Crippen molar-refractivity contribution in [1.29, 1.82) is 0 Å². The Morgan fingerprint density at radius 2 is 2.10 bits per heavy atom. The molecule has 2 aromatic carbocycles. The van der Waals surface area contributed by atoms with Crippen LogP contribution in [0.2, 0.25) is 0 Å². The van der Waals surface area contributed by atoms with Crippen LogP contribution in [0.4, 0.5) is 4.39 Å². The highest BCUT2D eigenvalue weighted by atomic mass is 32.1. The van der Waals surface area contributed by atoms with Crippen molar-refractivity contribution in [2.75, 3.05) is 7.11 Å². The number of carbonyl (C=O) groups is 1. The number of esters is 1. The van der Waals surface area contributed by atoms with E-state index >= 15 is 0 Å². The van der Waals surface area contributed by atoms with Crippen molar-refractivity contribution in [1.82, 2.24) is 4.98 Å². The molecule has 0 aliphatic heterocycles. The Balaban J connectivity index is 2.08. The second kappa shape index (κ2) is 5.02. The van der Waals surface area contributed by atoms with E-state index in [0.29, 0.717) is 5.56 Å². The molecule has 100 valence electrons. The monoisotopic (exact) mass is 287 g/mol. The maximum atomic E-state index is 13.2. The van der Waals surface area contributed by atoms with Crippen LogP contribution in [0.25, 0.3) is 20.8 Å². The number of carbonyl (C=O) groups excluding carboxylic acids is 1. The van der Waals surface area contributed by atoms with Crippen molar-refractivity contribution in [2.45, 2.75) is 0 Å². The van der Waals surface area contributed by atoms with Gasteiger partial charge in [-0.2, -0.15) is 0 Å². The molecule has 0 N–H and O–H groups in total. The lowest BCUT2D eigenvalue weighted by atomic mass is 10.1. The molecule has 1 aromatic heterocycles. The van der Waals surface area contributed by atoms with Crippen LogP contribution in [0.3, 0.4) is 0 Å². The predicted molar refractivity (Wildman–Crippen MR) is 76.4 cm³/mol. The second-order valence-corrected chi connectivity index (χ2v) is 5.23. The van der Waals surface area contributed by atoms with Gasteiger partial charge in [-0.05, 0) is 30.3 Å². The van der Waals surface area contributed by atoms with E-state index in [1.807, 2.05) is 6.07 Å². The summed E-state index contributed by atoms with van der Waals surface area (Å²) >= 11 is 1.39. The van der Waals surface area contributed by atoms with Gasteiger partial charge in [-0.15, -0.1) is 11.3 Å². The number of methoxy groups -OCH3 is 1. The summed E-state index contributed by atoms with van der Waals surface area (Å²) in [6, 6.07) is 11.5. The number of nitrogens with zero attached hydrogens (tertiary/aromatic N) is 1. The fraction of sp³-hybridized carbons (Fsp3) is 0.0667. The molecular weight excluding hydrogens is 277 g/mol.